The van der Waals surface area contributed by atoms with Gasteiger partial charge in [0, 0.05) is 0 Å². The van der Waals surface area contributed by atoms with Crippen molar-refractivity contribution in [3.63, 3.8) is 0 Å². The van der Waals surface area contributed by atoms with E-state index in [4.69, 9.17) is 0 Å². The van der Waals surface area contributed by atoms with Crippen LogP contribution in [-0.2, 0) is 0 Å². The third kappa shape index (κ3) is 3420. The molecule has 26 valence electrons. The van der Waals surface area contributed by atoms with Crippen LogP contribution < -0.4 is 6.15 Å². The predicted molar refractivity (Wildman–Crippen MR) is 23.9 cm³/mol. The number of hydrogen-bond acceptors (Lipinski definition) is 1. The van der Waals surface area contributed by atoms with E-state index in [-0.39, 0.29) is 6.15 Å². The topological polar surface area (TPSA) is 35.0 Å². The Bertz CT molecular complexity index is 6.00. The molecule has 0 radical (unpaired) electrons. The summed E-state index contributed by atoms with van der Waals surface area (Å²) in [5.74, 6) is 0. The zero-order valence-corrected chi connectivity index (χ0v) is 3.41. The van der Waals surface area contributed by atoms with E-state index in [0.29, 0.717) is 0 Å². The van der Waals surface area contributed by atoms with Crippen molar-refractivity contribution in [1.29, 1.82) is 0 Å². The van der Waals surface area contributed by atoms with Gasteiger partial charge in [-0.1, -0.05) is 13.6 Å². The van der Waals surface area contributed by atoms with Crippen LogP contribution in [0.1, 0.15) is 0 Å². The second-order valence-electron chi connectivity index (χ2n) is 0.707. The first kappa shape index (κ1) is 8.98. The summed E-state index contributed by atoms with van der Waals surface area (Å²) in [5, 5.41) is 0. The second-order valence-corrected chi connectivity index (χ2v) is 0.707. The highest BCUT2D eigenvalue weighted by molar-refractivity contribution is 6.31. The van der Waals surface area contributed by atoms with Crippen LogP contribution in [0.5, 0.6) is 0 Å². The molecule has 0 heterocycles. The molecule has 0 fully saturated rings. The maximum Gasteiger partial charge on any atom is 0.114 e. The molecule has 0 saturated heterocycles. The Hall–Kier alpha value is 0.0249. The molecule has 3 N–H and O–H groups in total. The van der Waals surface area contributed by atoms with Crippen molar-refractivity contribution in [1.82, 2.24) is 6.15 Å². The zero-order valence-electron chi connectivity index (χ0n) is 3.41. The van der Waals surface area contributed by atoms with E-state index in [1.165, 1.54) is 7.28 Å². The molecule has 0 aromatic heterocycles. The Kier molecular flexibility index (Phi) is 26.5. The lowest BCUT2D eigenvalue weighted by Gasteiger charge is -1.41. The van der Waals surface area contributed by atoms with E-state index in [1.54, 1.807) is 0 Å². The van der Waals surface area contributed by atoms with E-state index < -0.39 is 0 Å². The molecule has 0 aromatic carbocycles. The molecule has 0 unspecified atom stereocenters. The molecule has 0 bridgehead atoms. The van der Waals surface area contributed by atoms with Crippen molar-refractivity contribution in [3.8, 4) is 0 Å². The van der Waals surface area contributed by atoms with E-state index in [9.17, 15) is 0 Å². The minimum Gasteiger partial charge on any atom is -0.344 e. The Balaban J connectivity index is 0. The van der Waals surface area contributed by atoms with Gasteiger partial charge in [-0.25, -0.2) is 0 Å². The molecule has 0 saturated carbocycles. The molecule has 0 aliphatic heterocycles. The minimum atomic E-state index is 0. The van der Waals surface area contributed by atoms with Crippen molar-refractivity contribution in [2.45, 2.75) is 13.6 Å². The Morgan fingerprint density at radius 3 is 1.25 bits per heavy atom. The molecule has 0 amide bonds. The fourth-order valence-corrected chi connectivity index (χ4v) is 0. The van der Waals surface area contributed by atoms with E-state index in [2.05, 4.69) is 13.6 Å². The lowest BCUT2D eigenvalue weighted by molar-refractivity contribution is 2.13. The average molecular weight is 58.9 g/mol. The van der Waals surface area contributed by atoms with E-state index >= 15 is 0 Å². The summed E-state index contributed by atoms with van der Waals surface area (Å²) in [4.78, 5) is 0. The molecule has 2 heteroatoms. The van der Waals surface area contributed by atoms with Crippen LogP contribution in [0.2, 0.25) is 13.6 Å². The summed E-state index contributed by atoms with van der Waals surface area (Å²) >= 11 is 0. The normalized spacial score (nSPS) is 3.50. The highest BCUT2D eigenvalue weighted by atomic mass is 14.0. The third-order valence-corrected chi connectivity index (χ3v) is 0. The van der Waals surface area contributed by atoms with Crippen LogP contribution in [0.15, 0.2) is 0 Å². The van der Waals surface area contributed by atoms with Crippen LogP contribution in [0.4, 0.5) is 0 Å². The van der Waals surface area contributed by atoms with Crippen molar-refractivity contribution in [2.24, 2.45) is 0 Å². The molecule has 0 aliphatic carbocycles. The lowest BCUT2D eigenvalue weighted by atomic mass is 9.88. The molecule has 0 aromatic rings. The van der Waals surface area contributed by atoms with Crippen LogP contribution >= 0.6 is 0 Å². The molecule has 1 nitrogen and oxygen atoms in total. The fourth-order valence-electron chi connectivity index (χ4n) is 0. The Morgan fingerprint density at radius 2 is 1.25 bits per heavy atom. The van der Waals surface area contributed by atoms with Gasteiger partial charge in [0.15, 0.2) is 0 Å². The molecular weight excluding hydrogens is 48.8 g/mol. The van der Waals surface area contributed by atoms with Crippen molar-refractivity contribution in [2.75, 3.05) is 0 Å². The monoisotopic (exact) mass is 59.1 g/mol. The van der Waals surface area contributed by atoms with Crippen LogP contribution in [0.25, 0.3) is 0 Å². The highest BCUT2D eigenvalue weighted by Gasteiger charge is 1.43. The predicted octanol–water partition coefficient (Wildman–Crippen LogP) is 0.681. The number of rotatable bonds is 0. The van der Waals surface area contributed by atoms with Gasteiger partial charge in [0.2, 0.25) is 0 Å². The van der Waals surface area contributed by atoms with Crippen LogP contribution in [0, 0.1) is 0 Å². The molecule has 4 heavy (non-hydrogen) atoms. The summed E-state index contributed by atoms with van der Waals surface area (Å²) in [6, 6.07) is 0. The smallest absolute Gasteiger partial charge is 0.114 e. The summed E-state index contributed by atoms with van der Waals surface area (Å²) in [6.07, 6.45) is 0. The van der Waals surface area contributed by atoms with Gasteiger partial charge in [0.25, 0.3) is 0 Å². The first-order valence-electron chi connectivity index (χ1n) is 1.41. The highest BCUT2D eigenvalue weighted by Crippen LogP contribution is 1.36. The standard InChI is InChI=1S/C2H7B.H3N/c1-3-2;/h3H,1-2H3;1H3. The van der Waals surface area contributed by atoms with Gasteiger partial charge in [-0.15, -0.1) is 0 Å². The average Bonchev–Trinajstić information content (AvgIpc) is 0.918. The van der Waals surface area contributed by atoms with Crippen LogP contribution in [0.3, 0.4) is 0 Å². The van der Waals surface area contributed by atoms with Gasteiger partial charge >= 0.3 is 0 Å². The largest absolute Gasteiger partial charge is 0.344 e. The van der Waals surface area contributed by atoms with Gasteiger partial charge < -0.3 is 6.15 Å². The van der Waals surface area contributed by atoms with Gasteiger partial charge in [-0.3, -0.25) is 0 Å². The van der Waals surface area contributed by atoms with E-state index in [1.807, 2.05) is 0 Å². The third-order valence-electron chi connectivity index (χ3n) is 0. The van der Waals surface area contributed by atoms with Crippen LogP contribution in [-0.4, -0.2) is 7.28 Å². The summed E-state index contributed by atoms with van der Waals surface area (Å²) < 4.78 is 0. The molecule has 0 rings (SSSR count). The Morgan fingerprint density at radius 1 is 1.25 bits per heavy atom. The SMILES string of the molecule is CBC.N. The quantitative estimate of drug-likeness (QED) is 0.409. The molecule has 0 spiro atoms. The first-order chi connectivity index (χ1) is 1.41. The molecule has 0 atom stereocenters. The maximum atomic E-state index is 2.12. The van der Waals surface area contributed by atoms with Crippen molar-refractivity contribution >= 4 is 7.28 Å². The molecule has 0 aliphatic rings. The van der Waals surface area contributed by atoms with E-state index in [0.717, 1.165) is 0 Å². The number of hydrogen-bond donors (Lipinski definition) is 1. The summed E-state index contributed by atoms with van der Waals surface area (Å²) in [5.41, 5.74) is 0. The molecular formula is C2H10BN. The van der Waals surface area contributed by atoms with Gasteiger partial charge in [0.1, 0.15) is 7.28 Å². The Labute approximate surface area is 28.2 Å². The lowest BCUT2D eigenvalue weighted by Crippen LogP contribution is -1.53. The van der Waals surface area contributed by atoms with Crippen molar-refractivity contribution in [3.05, 3.63) is 0 Å². The zero-order chi connectivity index (χ0) is 2.71. The summed E-state index contributed by atoms with van der Waals surface area (Å²) in [6.45, 7) is 4.25. The van der Waals surface area contributed by atoms with Crippen molar-refractivity contribution < 1.29 is 0 Å². The second kappa shape index (κ2) is 11.8. The van der Waals surface area contributed by atoms with Gasteiger partial charge in [-0.05, 0) is 0 Å². The van der Waals surface area contributed by atoms with Gasteiger partial charge in [0.05, 0.1) is 0 Å². The minimum absolute atomic E-state index is 0. The maximum absolute atomic E-state index is 2.12. The summed E-state index contributed by atoms with van der Waals surface area (Å²) in [7, 11) is 1.25. The fraction of sp³-hybridized carbons (Fsp3) is 1.00. The van der Waals surface area contributed by atoms with Gasteiger partial charge in [-0.2, -0.15) is 0 Å². The first-order valence-corrected chi connectivity index (χ1v) is 1.41.